The molecular weight excluding hydrogens is 385 g/mol. The molecule has 1 fully saturated rings. The van der Waals surface area contributed by atoms with Gasteiger partial charge in [0.15, 0.2) is 0 Å². The van der Waals surface area contributed by atoms with E-state index in [1.165, 1.54) is 0 Å². The highest BCUT2D eigenvalue weighted by Crippen LogP contribution is 2.38. The molecule has 0 radical (unpaired) electrons. The number of carbonyl (C=O) groups excluding carboxylic acids is 2. The van der Waals surface area contributed by atoms with Crippen molar-refractivity contribution in [3.63, 3.8) is 0 Å². The van der Waals surface area contributed by atoms with Crippen LogP contribution in [0.4, 0.5) is 4.79 Å². The molecule has 1 aliphatic heterocycles. The quantitative estimate of drug-likeness (QED) is 0.445. The number of hydrogen-bond donors (Lipinski definition) is 1. The summed E-state index contributed by atoms with van der Waals surface area (Å²) in [7, 11) is -0.268. The van der Waals surface area contributed by atoms with Crippen molar-refractivity contribution in [3.8, 4) is 0 Å². The number of rotatable bonds is 8. The van der Waals surface area contributed by atoms with E-state index in [9.17, 15) is 9.59 Å². The predicted molar refractivity (Wildman–Crippen MR) is 118 cm³/mol. The molecule has 174 valence electrons. The second kappa shape index (κ2) is 9.90. The van der Waals surface area contributed by atoms with Crippen LogP contribution in [0.1, 0.15) is 88.5 Å². The van der Waals surface area contributed by atoms with Gasteiger partial charge in [-0.05, 0) is 87.9 Å². The maximum absolute atomic E-state index is 12.3. The molecule has 8 heteroatoms. The Morgan fingerprint density at radius 3 is 1.90 bits per heavy atom. The molecule has 1 heterocycles. The summed E-state index contributed by atoms with van der Waals surface area (Å²) in [5, 5.41) is 2.78. The average Bonchev–Trinajstić information content (AvgIpc) is 2.68. The van der Waals surface area contributed by atoms with Crippen LogP contribution in [0, 0.1) is 5.92 Å². The van der Waals surface area contributed by atoms with Crippen molar-refractivity contribution in [1.29, 1.82) is 0 Å². The highest BCUT2D eigenvalue weighted by molar-refractivity contribution is 6.45. The summed E-state index contributed by atoms with van der Waals surface area (Å²) >= 11 is 0. The number of carbonyl (C=O) groups is 2. The van der Waals surface area contributed by atoms with Crippen LogP contribution in [0.25, 0.3) is 0 Å². The lowest BCUT2D eigenvalue weighted by Crippen LogP contribution is -2.41. The maximum atomic E-state index is 12.3. The minimum Gasteiger partial charge on any atom is -0.460 e. The second-order valence-corrected chi connectivity index (χ2v) is 11.2. The highest BCUT2D eigenvalue weighted by atomic mass is 16.7. The minimum atomic E-state index is -0.568. The zero-order valence-corrected chi connectivity index (χ0v) is 20.6. The van der Waals surface area contributed by atoms with Gasteiger partial charge >= 0.3 is 19.2 Å². The summed E-state index contributed by atoms with van der Waals surface area (Å²) in [6, 6.07) is 0. The first kappa shape index (κ1) is 26.8. The van der Waals surface area contributed by atoms with Crippen molar-refractivity contribution >= 4 is 19.2 Å². The van der Waals surface area contributed by atoms with Gasteiger partial charge in [-0.15, -0.1) is 0 Å². The molecular formula is C22H42BNO6. The van der Waals surface area contributed by atoms with Gasteiger partial charge in [-0.25, -0.2) is 4.79 Å². The van der Waals surface area contributed by atoms with E-state index < -0.39 is 17.3 Å². The summed E-state index contributed by atoms with van der Waals surface area (Å²) < 4.78 is 22.8. The standard InChI is InChI=1S/C22H42BNO6/c1-19(2,3)27-17(25)14-16(15-24-18(26)28-20(4,5)6)12-11-13-23-29-21(7,8)22(9,10)30-23/h16H,11-15H2,1-10H3,(H,24,26). The first-order chi connectivity index (χ1) is 13.4. The van der Waals surface area contributed by atoms with Crippen LogP contribution in [-0.2, 0) is 23.6 Å². The van der Waals surface area contributed by atoms with Crippen molar-refractivity contribution < 1.29 is 28.4 Å². The van der Waals surface area contributed by atoms with Crippen molar-refractivity contribution in [3.05, 3.63) is 0 Å². The summed E-state index contributed by atoms with van der Waals surface area (Å²) in [6.45, 7) is 19.4. The Balaban J connectivity index is 2.60. The molecule has 0 spiro atoms. The molecule has 1 atom stereocenters. The van der Waals surface area contributed by atoms with Crippen molar-refractivity contribution in [1.82, 2.24) is 5.32 Å². The van der Waals surface area contributed by atoms with Crippen molar-refractivity contribution in [2.45, 2.75) is 117 Å². The molecule has 0 aromatic rings. The first-order valence-corrected chi connectivity index (χ1v) is 10.9. The lowest BCUT2D eigenvalue weighted by atomic mass is 9.80. The largest absolute Gasteiger partial charge is 0.460 e. The van der Waals surface area contributed by atoms with Crippen molar-refractivity contribution in [2.24, 2.45) is 5.92 Å². The summed E-state index contributed by atoms with van der Waals surface area (Å²) in [6.07, 6.45) is 2.02. The monoisotopic (exact) mass is 427 g/mol. The second-order valence-electron chi connectivity index (χ2n) is 11.2. The van der Waals surface area contributed by atoms with E-state index in [-0.39, 0.29) is 36.6 Å². The van der Waals surface area contributed by atoms with Crippen molar-refractivity contribution in [2.75, 3.05) is 6.54 Å². The van der Waals surface area contributed by atoms with Crippen LogP contribution >= 0.6 is 0 Å². The van der Waals surface area contributed by atoms with Crippen LogP contribution < -0.4 is 5.32 Å². The Labute approximate surface area is 183 Å². The van der Waals surface area contributed by atoms with E-state index in [0.29, 0.717) is 6.54 Å². The molecule has 0 aliphatic carbocycles. The third-order valence-electron chi connectivity index (χ3n) is 5.16. The van der Waals surface area contributed by atoms with Gasteiger partial charge in [0.1, 0.15) is 11.2 Å². The van der Waals surface area contributed by atoms with Crippen LogP contribution in [-0.4, -0.2) is 48.1 Å². The Morgan fingerprint density at radius 2 is 1.43 bits per heavy atom. The van der Waals surface area contributed by atoms with Gasteiger partial charge < -0.3 is 24.1 Å². The lowest BCUT2D eigenvalue weighted by Gasteiger charge is -2.32. The number of esters is 1. The van der Waals surface area contributed by atoms with E-state index >= 15 is 0 Å². The van der Waals surface area contributed by atoms with E-state index in [1.807, 2.05) is 69.2 Å². The van der Waals surface area contributed by atoms with Gasteiger partial charge in [-0.3, -0.25) is 4.79 Å². The fraction of sp³-hybridized carbons (Fsp3) is 0.909. The number of amides is 1. The SMILES string of the molecule is CC(C)(C)OC(=O)CC(CCCB1OC(C)(C)C(C)(C)O1)CNC(=O)OC(C)(C)C. The fourth-order valence-electron chi connectivity index (χ4n) is 3.09. The number of ether oxygens (including phenoxy) is 2. The fourth-order valence-corrected chi connectivity index (χ4v) is 3.09. The number of hydrogen-bond acceptors (Lipinski definition) is 6. The molecule has 7 nitrogen and oxygen atoms in total. The molecule has 0 bridgehead atoms. The highest BCUT2D eigenvalue weighted by Gasteiger charge is 2.50. The minimum absolute atomic E-state index is 0.0604. The number of alkyl carbamates (subject to hydrolysis) is 1. The van der Waals surface area contributed by atoms with E-state index in [2.05, 4.69) is 5.32 Å². The summed E-state index contributed by atoms with van der Waals surface area (Å²) in [5.74, 6) is -0.330. The molecule has 0 aromatic heterocycles. The smallest absolute Gasteiger partial charge is 0.457 e. The van der Waals surface area contributed by atoms with Gasteiger partial charge in [-0.2, -0.15) is 0 Å². The average molecular weight is 427 g/mol. The number of nitrogens with one attached hydrogen (secondary N) is 1. The molecule has 1 saturated heterocycles. The molecule has 1 rings (SSSR count). The van der Waals surface area contributed by atoms with Crippen LogP contribution in [0.5, 0.6) is 0 Å². The Hall–Kier alpha value is -1.28. The summed E-state index contributed by atoms with van der Waals surface area (Å²) in [5.41, 5.74) is -1.82. The maximum Gasteiger partial charge on any atom is 0.457 e. The third-order valence-corrected chi connectivity index (χ3v) is 5.16. The van der Waals surface area contributed by atoms with Gasteiger partial charge in [0.2, 0.25) is 0 Å². The molecule has 30 heavy (non-hydrogen) atoms. The lowest BCUT2D eigenvalue weighted by molar-refractivity contribution is -0.156. The molecule has 1 aliphatic rings. The van der Waals surface area contributed by atoms with E-state index in [1.54, 1.807) is 0 Å². The summed E-state index contributed by atoms with van der Waals surface area (Å²) in [4.78, 5) is 24.3. The van der Waals surface area contributed by atoms with Gasteiger partial charge in [-0.1, -0.05) is 6.42 Å². The first-order valence-electron chi connectivity index (χ1n) is 10.9. The zero-order chi connectivity index (χ0) is 23.4. The van der Waals surface area contributed by atoms with Crippen LogP contribution in [0.2, 0.25) is 6.32 Å². The van der Waals surface area contributed by atoms with Crippen LogP contribution in [0.15, 0.2) is 0 Å². The topological polar surface area (TPSA) is 83.1 Å². The Kier molecular flexibility index (Phi) is 8.83. The normalized spacial score (nSPS) is 19.3. The zero-order valence-electron chi connectivity index (χ0n) is 20.6. The molecule has 1 N–H and O–H groups in total. The van der Waals surface area contributed by atoms with Crippen LogP contribution in [0.3, 0.4) is 0 Å². The predicted octanol–water partition coefficient (Wildman–Crippen LogP) is 4.73. The Bertz CT molecular complexity index is 575. The molecule has 0 aromatic carbocycles. The third kappa shape index (κ3) is 9.69. The van der Waals surface area contributed by atoms with E-state index in [0.717, 1.165) is 19.2 Å². The molecule has 0 saturated carbocycles. The molecule has 1 unspecified atom stereocenters. The van der Waals surface area contributed by atoms with Gasteiger partial charge in [0.25, 0.3) is 0 Å². The van der Waals surface area contributed by atoms with Gasteiger partial charge in [0.05, 0.1) is 17.6 Å². The Morgan fingerprint density at radius 1 is 0.933 bits per heavy atom. The van der Waals surface area contributed by atoms with E-state index in [4.69, 9.17) is 18.8 Å². The van der Waals surface area contributed by atoms with Gasteiger partial charge in [0, 0.05) is 6.54 Å². The molecule has 1 amide bonds.